The Hall–Kier alpha value is -3.45. The first-order chi connectivity index (χ1) is 15.2. The molecular weight excluding hydrogens is 392 g/mol. The summed E-state index contributed by atoms with van der Waals surface area (Å²) < 4.78 is 16.9. The molecule has 2 aromatic heterocycles. The Morgan fingerprint density at radius 2 is 1.87 bits per heavy atom. The van der Waals surface area contributed by atoms with Gasteiger partial charge in [-0.05, 0) is 63.6 Å². The van der Waals surface area contributed by atoms with E-state index in [2.05, 4.69) is 15.2 Å². The van der Waals surface area contributed by atoms with E-state index in [4.69, 9.17) is 18.8 Å². The van der Waals surface area contributed by atoms with Gasteiger partial charge >= 0.3 is 0 Å². The van der Waals surface area contributed by atoms with Crippen molar-refractivity contribution in [1.82, 2.24) is 20.2 Å². The van der Waals surface area contributed by atoms with E-state index in [1.165, 1.54) is 0 Å². The lowest BCUT2D eigenvalue weighted by Crippen LogP contribution is -2.24. The van der Waals surface area contributed by atoms with Crippen LogP contribution in [0.2, 0.25) is 0 Å². The molecule has 7 nitrogen and oxygen atoms in total. The van der Waals surface area contributed by atoms with Crippen LogP contribution in [0.5, 0.6) is 11.5 Å². The number of aryl methyl sites for hydroxylation is 2. The summed E-state index contributed by atoms with van der Waals surface area (Å²) in [6.45, 7) is 5.59. The molecule has 1 aliphatic heterocycles. The Kier molecular flexibility index (Phi) is 5.26. The second-order valence-electron chi connectivity index (χ2n) is 7.83. The van der Waals surface area contributed by atoms with Crippen molar-refractivity contribution in [1.29, 1.82) is 0 Å². The third-order valence-corrected chi connectivity index (χ3v) is 5.67. The molecule has 0 saturated carbocycles. The summed E-state index contributed by atoms with van der Waals surface area (Å²) in [5.41, 5.74) is 3.59. The van der Waals surface area contributed by atoms with Crippen LogP contribution in [0.15, 0.2) is 63.6 Å². The second kappa shape index (κ2) is 8.35. The Morgan fingerprint density at radius 1 is 1.03 bits per heavy atom. The summed E-state index contributed by atoms with van der Waals surface area (Å²) >= 11 is 0. The molecule has 2 aromatic carbocycles. The molecule has 0 spiro atoms. The van der Waals surface area contributed by atoms with Gasteiger partial charge in [-0.15, -0.1) is 0 Å². The fourth-order valence-electron chi connectivity index (χ4n) is 4.07. The molecule has 0 unspecified atom stereocenters. The van der Waals surface area contributed by atoms with Gasteiger partial charge in [-0.1, -0.05) is 34.6 Å². The van der Waals surface area contributed by atoms with E-state index in [0.29, 0.717) is 12.4 Å². The Balaban J connectivity index is 1.35. The first kappa shape index (κ1) is 19.5. The van der Waals surface area contributed by atoms with Crippen LogP contribution in [-0.4, -0.2) is 26.7 Å². The fourth-order valence-corrected chi connectivity index (χ4v) is 4.07. The van der Waals surface area contributed by atoms with Crippen LogP contribution in [0.3, 0.4) is 0 Å². The molecule has 0 amide bonds. The molecule has 4 aromatic rings. The number of oxazole rings is 1. The third kappa shape index (κ3) is 4.09. The fraction of sp³-hybridized carbons (Fsp3) is 0.292. The number of likely N-dealkylation sites (tertiary alicyclic amines) is 1. The normalized spacial score (nSPS) is 16.6. The van der Waals surface area contributed by atoms with Gasteiger partial charge < -0.3 is 9.15 Å². The highest BCUT2D eigenvalue weighted by Gasteiger charge is 2.31. The van der Waals surface area contributed by atoms with Gasteiger partial charge in [0.25, 0.3) is 0 Å². The minimum absolute atomic E-state index is 0.202. The minimum Gasteiger partial charge on any atom is -0.457 e. The quantitative estimate of drug-likeness (QED) is 0.412. The highest BCUT2D eigenvalue weighted by molar-refractivity contribution is 5.57. The number of aromatic nitrogens is 3. The lowest BCUT2D eigenvalue weighted by Gasteiger charge is -2.21. The Labute approximate surface area is 180 Å². The summed E-state index contributed by atoms with van der Waals surface area (Å²) in [7, 11) is 0. The molecule has 158 valence electrons. The molecule has 1 aliphatic rings. The monoisotopic (exact) mass is 416 g/mol. The number of benzene rings is 2. The maximum Gasteiger partial charge on any atom is 0.226 e. The highest BCUT2D eigenvalue weighted by atomic mass is 16.6. The van der Waals surface area contributed by atoms with Crippen molar-refractivity contribution in [3.8, 4) is 23.0 Å². The van der Waals surface area contributed by atoms with Crippen LogP contribution < -0.4 is 4.74 Å². The second-order valence-corrected chi connectivity index (χ2v) is 7.83. The smallest absolute Gasteiger partial charge is 0.226 e. The van der Waals surface area contributed by atoms with E-state index in [0.717, 1.165) is 59.3 Å². The molecular formula is C24H24N4O3. The zero-order valence-electron chi connectivity index (χ0n) is 17.6. The van der Waals surface area contributed by atoms with Gasteiger partial charge in [0.2, 0.25) is 5.89 Å². The van der Waals surface area contributed by atoms with E-state index in [1.54, 1.807) is 0 Å². The third-order valence-electron chi connectivity index (χ3n) is 5.67. The maximum atomic E-state index is 6.03. The first-order valence-corrected chi connectivity index (χ1v) is 10.5. The van der Waals surface area contributed by atoms with Crippen LogP contribution in [-0.2, 0) is 6.54 Å². The summed E-state index contributed by atoms with van der Waals surface area (Å²) in [6, 6.07) is 17.7. The zero-order chi connectivity index (χ0) is 21.2. The Bertz CT molecular complexity index is 1170. The van der Waals surface area contributed by atoms with E-state index < -0.39 is 0 Å². The molecule has 0 aliphatic carbocycles. The summed E-state index contributed by atoms with van der Waals surface area (Å²) in [4.78, 5) is 7.18. The largest absolute Gasteiger partial charge is 0.457 e. The van der Waals surface area contributed by atoms with Gasteiger partial charge in [0, 0.05) is 12.1 Å². The summed E-state index contributed by atoms with van der Waals surface area (Å²) in [5, 5.41) is 8.07. The molecule has 0 bridgehead atoms. The van der Waals surface area contributed by atoms with Gasteiger partial charge in [0.1, 0.15) is 28.6 Å². The summed E-state index contributed by atoms with van der Waals surface area (Å²) in [5.74, 6) is 2.96. The molecule has 1 atom stereocenters. The molecule has 1 fully saturated rings. The first-order valence-electron chi connectivity index (χ1n) is 10.5. The molecule has 3 heterocycles. The average molecular weight is 416 g/mol. The average Bonchev–Trinajstić information content (AvgIpc) is 3.50. The standard InChI is InChI=1S/C24H24N4O3/c1-16-23(27-31-26-16)22-12-7-13-28(22)15-21-17(2)29-24(25-21)18-8-6-11-20(14-18)30-19-9-4-3-5-10-19/h3-6,8-11,14,22H,7,12-13,15H2,1-2H3/t22-/m0/s1. The lowest BCUT2D eigenvalue weighted by atomic mass is 10.1. The van der Waals surface area contributed by atoms with Crippen molar-refractivity contribution in [2.45, 2.75) is 39.3 Å². The lowest BCUT2D eigenvalue weighted by molar-refractivity contribution is 0.228. The topological polar surface area (TPSA) is 77.4 Å². The molecule has 31 heavy (non-hydrogen) atoms. The van der Waals surface area contributed by atoms with Gasteiger partial charge in [0.05, 0.1) is 11.7 Å². The van der Waals surface area contributed by atoms with Crippen LogP contribution in [0.25, 0.3) is 11.5 Å². The van der Waals surface area contributed by atoms with E-state index >= 15 is 0 Å². The minimum atomic E-state index is 0.202. The van der Waals surface area contributed by atoms with Crippen molar-refractivity contribution in [3.05, 3.63) is 77.4 Å². The SMILES string of the molecule is Cc1nonc1[C@@H]1CCCN1Cc1nc(-c2cccc(Oc3ccccc3)c2)oc1C. The van der Waals surface area contributed by atoms with E-state index in [9.17, 15) is 0 Å². The number of rotatable bonds is 6. The maximum absolute atomic E-state index is 6.03. The van der Waals surface area contributed by atoms with Gasteiger partial charge in [-0.2, -0.15) is 0 Å². The van der Waals surface area contributed by atoms with Gasteiger partial charge in [-0.3, -0.25) is 4.90 Å². The number of nitrogens with zero attached hydrogens (tertiary/aromatic N) is 4. The van der Waals surface area contributed by atoms with Crippen LogP contribution >= 0.6 is 0 Å². The van der Waals surface area contributed by atoms with Crippen molar-refractivity contribution in [2.75, 3.05) is 6.54 Å². The zero-order valence-corrected chi connectivity index (χ0v) is 17.6. The van der Waals surface area contributed by atoms with Gasteiger partial charge in [0.15, 0.2) is 0 Å². The van der Waals surface area contributed by atoms with Crippen LogP contribution in [0.4, 0.5) is 0 Å². The Morgan fingerprint density at radius 3 is 2.68 bits per heavy atom. The highest BCUT2D eigenvalue weighted by Crippen LogP contribution is 2.34. The predicted octanol–water partition coefficient (Wildman–Crippen LogP) is 5.47. The number of para-hydroxylation sites is 1. The summed E-state index contributed by atoms with van der Waals surface area (Å²) in [6.07, 6.45) is 2.15. The van der Waals surface area contributed by atoms with Crippen molar-refractivity contribution < 1.29 is 13.8 Å². The predicted molar refractivity (Wildman–Crippen MR) is 115 cm³/mol. The van der Waals surface area contributed by atoms with E-state index in [1.807, 2.05) is 68.4 Å². The van der Waals surface area contributed by atoms with Crippen molar-refractivity contribution >= 4 is 0 Å². The number of hydrogen-bond acceptors (Lipinski definition) is 7. The molecule has 0 radical (unpaired) electrons. The molecule has 5 rings (SSSR count). The molecule has 7 heteroatoms. The van der Waals surface area contributed by atoms with Crippen molar-refractivity contribution in [2.24, 2.45) is 0 Å². The molecule has 1 saturated heterocycles. The van der Waals surface area contributed by atoms with Crippen molar-refractivity contribution in [3.63, 3.8) is 0 Å². The van der Waals surface area contributed by atoms with Crippen LogP contribution in [0.1, 0.15) is 41.7 Å². The van der Waals surface area contributed by atoms with Crippen LogP contribution in [0, 0.1) is 13.8 Å². The molecule has 0 N–H and O–H groups in total. The van der Waals surface area contributed by atoms with Gasteiger partial charge in [-0.25, -0.2) is 9.61 Å². The van der Waals surface area contributed by atoms with E-state index in [-0.39, 0.29) is 6.04 Å². The number of hydrogen-bond donors (Lipinski definition) is 0. The number of ether oxygens (including phenoxy) is 1.